The van der Waals surface area contributed by atoms with Gasteiger partial charge in [-0.1, -0.05) is 12.1 Å². The molecule has 1 aromatic rings. The lowest BCUT2D eigenvalue weighted by molar-refractivity contribution is -0.139. The van der Waals surface area contributed by atoms with E-state index in [2.05, 4.69) is 0 Å². The molecule has 0 spiro atoms. The lowest BCUT2D eigenvalue weighted by Crippen LogP contribution is -2.53. The highest BCUT2D eigenvalue weighted by Gasteiger charge is 2.40. The predicted molar refractivity (Wildman–Crippen MR) is 86.4 cm³/mol. The van der Waals surface area contributed by atoms with Crippen LogP contribution in [-0.4, -0.2) is 42.5 Å². The van der Waals surface area contributed by atoms with E-state index in [1.807, 2.05) is 29.2 Å². The van der Waals surface area contributed by atoms with Gasteiger partial charge in [0.1, 0.15) is 5.75 Å². The molecule has 3 aliphatic rings. The van der Waals surface area contributed by atoms with E-state index in [-0.39, 0.29) is 17.7 Å². The van der Waals surface area contributed by atoms with Gasteiger partial charge in [0, 0.05) is 19.0 Å². The SMILES string of the molecule is O=C(C1CN(C(=O)C2CC2)c2ccccc2O1)N1CCCCC1. The summed E-state index contributed by atoms with van der Waals surface area (Å²) in [5.74, 6) is 0.931. The van der Waals surface area contributed by atoms with Gasteiger partial charge in [0.25, 0.3) is 5.91 Å². The van der Waals surface area contributed by atoms with Crippen molar-refractivity contribution in [2.45, 2.75) is 38.2 Å². The third-order valence-corrected chi connectivity index (χ3v) is 4.91. The van der Waals surface area contributed by atoms with Crippen LogP contribution in [-0.2, 0) is 9.59 Å². The molecule has 0 N–H and O–H groups in total. The Morgan fingerprint density at radius 1 is 1.00 bits per heavy atom. The summed E-state index contributed by atoms with van der Waals surface area (Å²) in [6, 6.07) is 7.53. The molecule has 1 aromatic carbocycles. The van der Waals surface area contributed by atoms with Gasteiger partial charge >= 0.3 is 0 Å². The van der Waals surface area contributed by atoms with E-state index in [0.29, 0.717) is 12.3 Å². The minimum atomic E-state index is -0.578. The number of ether oxygens (including phenoxy) is 1. The molecule has 1 saturated carbocycles. The van der Waals surface area contributed by atoms with Gasteiger partial charge in [-0.15, -0.1) is 0 Å². The van der Waals surface area contributed by atoms with E-state index in [4.69, 9.17) is 4.74 Å². The van der Waals surface area contributed by atoms with Gasteiger partial charge in [-0.25, -0.2) is 0 Å². The van der Waals surface area contributed by atoms with Crippen molar-refractivity contribution in [3.63, 3.8) is 0 Å². The summed E-state index contributed by atoms with van der Waals surface area (Å²) in [6.07, 6.45) is 4.64. The minimum absolute atomic E-state index is 0.0211. The van der Waals surface area contributed by atoms with Gasteiger partial charge in [0.05, 0.1) is 12.2 Å². The summed E-state index contributed by atoms with van der Waals surface area (Å²) in [4.78, 5) is 29.1. The largest absolute Gasteiger partial charge is 0.476 e. The molecule has 5 heteroatoms. The number of fused-ring (bicyclic) bond motifs is 1. The summed E-state index contributed by atoms with van der Waals surface area (Å²) in [5.41, 5.74) is 0.798. The number of carbonyl (C=O) groups is 2. The zero-order chi connectivity index (χ0) is 15.8. The summed E-state index contributed by atoms with van der Waals surface area (Å²) in [7, 11) is 0. The number of nitrogens with zero attached hydrogens (tertiary/aromatic N) is 2. The second kappa shape index (κ2) is 5.87. The molecule has 1 atom stereocenters. The summed E-state index contributed by atoms with van der Waals surface area (Å²) >= 11 is 0. The third-order valence-electron chi connectivity index (χ3n) is 4.91. The average Bonchev–Trinajstić information content (AvgIpc) is 3.45. The van der Waals surface area contributed by atoms with Crippen molar-refractivity contribution in [2.75, 3.05) is 24.5 Å². The number of benzene rings is 1. The highest BCUT2D eigenvalue weighted by molar-refractivity contribution is 5.99. The van der Waals surface area contributed by atoms with Crippen molar-refractivity contribution in [2.24, 2.45) is 5.92 Å². The number of piperidine rings is 1. The molecule has 1 aliphatic carbocycles. The molecule has 4 rings (SSSR count). The van der Waals surface area contributed by atoms with Crippen LogP contribution in [0.3, 0.4) is 0 Å². The standard InChI is InChI=1S/C18H22N2O3/c21-17(13-8-9-13)20-12-16(18(22)19-10-4-1-5-11-19)23-15-7-3-2-6-14(15)20/h2-3,6-7,13,16H,1,4-5,8-12H2. The second-order valence-corrected chi connectivity index (χ2v) is 6.68. The molecule has 1 unspecified atom stereocenters. The van der Waals surface area contributed by atoms with Gasteiger partial charge in [0.15, 0.2) is 6.10 Å². The zero-order valence-electron chi connectivity index (χ0n) is 13.2. The van der Waals surface area contributed by atoms with Crippen LogP contribution in [0, 0.1) is 5.92 Å². The van der Waals surface area contributed by atoms with Gasteiger partial charge in [-0.05, 0) is 44.2 Å². The van der Waals surface area contributed by atoms with Crippen molar-refractivity contribution in [3.8, 4) is 5.75 Å². The first kappa shape index (κ1) is 14.5. The fourth-order valence-electron chi connectivity index (χ4n) is 3.44. The van der Waals surface area contributed by atoms with Gasteiger partial charge in [-0.2, -0.15) is 0 Å². The maximum atomic E-state index is 12.8. The molecule has 0 bridgehead atoms. The molecule has 122 valence electrons. The summed E-state index contributed by atoms with van der Waals surface area (Å²) < 4.78 is 5.94. The molecular weight excluding hydrogens is 292 g/mol. The van der Waals surface area contributed by atoms with Crippen LogP contribution in [0.15, 0.2) is 24.3 Å². The summed E-state index contributed by atoms with van der Waals surface area (Å²) in [6.45, 7) is 1.94. The van der Waals surface area contributed by atoms with Crippen molar-refractivity contribution in [1.82, 2.24) is 4.90 Å². The Labute approximate surface area is 136 Å². The Hall–Kier alpha value is -2.04. The normalized spacial score (nSPS) is 23.9. The molecule has 0 radical (unpaired) electrons. The molecule has 2 aliphatic heterocycles. The molecule has 5 nitrogen and oxygen atoms in total. The van der Waals surface area contributed by atoms with Crippen molar-refractivity contribution < 1.29 is 14.3 Å². The van der Waals surface area contributed by atoms with Crippen LogP contribution in [0.5, 0.6) is 5.75 Å². The van der Waals surface area contributed by atoms with Gasteiger partial charge in [-0.3, -0.25) is 9.59 Å². The molecule has 0 aromatic heterocycles. The monoisotopic (exact) mass is 314 g/mol. The van der Waals surface area contributed by atoms with Crippen molar-refractivity contribution >= 4 is 17.5 Å². The van der Waals surface area contributed by atoms with E-state index in [1.165, 1.54) is 6.42 Å². The highest BCUT2D eigenvalue weighted by Crippen LogP contribution is 2.38. The van der Waals surface area contributed by atoms with Crippen LogP contribution in [0.2, 0.25) is 0 Å². The van der Waals surface area contributed by atoms with E-state index < -0.39 is 6.10 Å². The van der Waals surface area contributed by atoms with Crippen LogP contribution >= 0.6 is 0 Å². The number of hydrogen-bond acceptors (Lipinski definition) is 3. The number of anilines is 1. The Bertz CT molecular complexity index is 620. The number of rotatable bonds is 2. The maximum absolute atomic E-state index is 12.8. The van der Waals surface area contributed by atoms with Crippen LogP contribution in [0.25, 0.3) is 0 Å². The lowest BCUT2D eigenvalue weighted by Gasteiger charge is -2.37. The van der Waals surface area contributed by atoms with Crippen molar-refractivity contribution in [3.05, 3.63) is 24.3 Å². The fraction of sp³-hybridized carbons (Fsp3) is 0.556. The summed E-state index contributed by atoms with van der Waals surface area (Å²) in [5, 5.41) is 0. The first-order valence-electron chi connectivity index (χ1n) is 8.60. The Morgan fingerprint density at radius 2 is 1.74 bits per heavy atom. The zero-order valence-corrected chi connectivity index (χ0v) is 13.2. The first-order chi connectivity index (χ1) is 11.2. The number of carbonyl (C=O) groups excluding carboxylic acids is 2. The van der Waals surface area contributed by atoms with Crippen molar-refractivity contribution in [1.29, 1.82) is 0 Å². The van der Waals surface area contributed by atoms with E-state index >= 15 is 0 Å². The van der Waals surface area contributed by atoms with E-state index in [0.717, 1.165) is 44.5 Å². The Balaban J connectivity index is 1.58. The quantitative estimate of drug-likeness (QED) is 0.841. The van der Waals surface area contributed by atoms with E-state index in [9.17, 15) is 9.59 Å². The molecule has 2 fully saturated rings. The maximum Gasteiger partial charge on any atom is 0.265 e. The second-order valence-electron chi connectivity index (χ2n) is 6.68. The number of likely N-dealkylation sites (tertiary alicyclic amines) is 1. The lowest BCUT2D eigenvalue weighted by atomic mass is 10.1. The Morgan fingerprint density at radius 3 is 2.48 bits per heavy atom. The number of amides is 2. The molecule has 2 heterocycles. The molecule has 23 heavy (non-hydrogen) atoms. The predicted octanol–water partition coefficient (Wildman–Crippen LogP) is 2.20. The molecule has 2 amide bonds. The highest BCUT2D eigenvalue weighted by atomic mass is 16.5. The van der Waals surface area contributed by atoms with Gasteiger partial charge < -0.3 is 14.5 Å². The number of hydrogen-bond donors (Lipinski definition) is 0. The topological polar surface area (TPSA) is 49.9 Å². The Kier molecular flexibility index (Phi) is 3.71. The minimum Gasteiger partial charge on any atom is -0.476 e. The van der Waals surface area contributed by atoms with Gasteiger partial charge in [0.2, 0.25) is 5.91 Å². The fourth-order valence-corrected chi connectivity index (χ4v) is 3.44. The smallest absolute Gasteiger partial charge is 0.265 e. The number of para-hydroxylation sites is 2. The average molecular weight is 314 g/mol. The third kappa shape index (κ3) is 2.80. The van der Waals surface area contributed by atoms with Crippen LogP contribution in [0.1, 0.15) is 32.1 Å². The first-order valence-corrected chi connectivity index (χ1v) is 8.60. The molecule has 1 saturated heterocycles. The molecular formula is C18H22N2O3. The van der Waals surface area contributed by atoms with Crippen LogP contribution < -0.4 is 9.64 Å². The van der Waals surface area contributed by atoms with Crippen LogP contribution in [0.4, 0.5) is 5.69 Å². The van der Waals surface area contributed by atoms with E-state index in [1.54, 1.807) is 4.90 Å².